The Morgan fingerprint density at radius 2 is 1.88 bits per heavy atom. The molecular formula is C14H21NO. The third kappa shape index (κ3) is 2.76. The van der Waals surface area contributed by atoms with Gasteiger partial charge in [0.15, 0.2) is 0 Å². The van der Waals surface area contributed by atoms with Gasteiger partial charge in [0.05, 0.1) is 0 Å². The van der Waals surface area contributed by atoms with Crippen LogP contribution in [-0.4, -0.2) is 29.1 Å². The number of hydrogen-bond acceptors (Lipinski definition) is 2. The average molecular weight is 219 g/mol. The van der Waals surface area contributed by atoms with Crippen molar-refractivity contribution in [2.45, 2.75) is 38.6 Å². The van der Waals surface area contributed by atoms with Crippen molar-refractivity contribution in [1.82, 2.24) is 4.90 Å². The fourth-order valence-electron chi connectivity index (χ4n) is 2.49. The minimum atomic E-state index is 0.436. The van der Waals surface area contributed by atoms with Gasteiger partial charge in [0.1, 0.15) is 5.75 Å². The molecule has 1 saturated heterocycles. The molecule has 1 heterocycles. The maximum atomic E-state index is 9.74. The second-order valence-electron chi connectivity index (χ2n) is 4.78. The summed E-state index contributed by atoms with van der Waals surface area (Å²) in [6.07, 6.45) is 4.97. The second-order valence-corrected chi connectivity index (χ2v) is 4.78. The number of hydrogen-bond donors (Lipinski definition) is 1. The molecule has 0 radical (unpaired) electrons. The fraction of sp³-hybridized carbons (Fsp3) is 0.571. The van der Waals surface area contributed by atoms with E-state index in [0.29, 0.717) is 11.8 Å². The van der Waals surface area contributed by atoms with Crippen LogP contribution >= 0.6 is 0 Å². The zero-order valence-electron chi connectivity index (χ0n) is 10.0. The van der Waals surface area contributed by atoms with Crippen molar-refractivity contribution >= 4 is 0 Å². The Labute approximate surface area is 97.9 Å². The van der Waals surface area contributed by atoms with Crippen LogP contribution in [0, 0.1) is 0 Å². The van der Waals surface area contributed by atoms with Gasteiger partial charge in [0, 0.05) is 6.04 Å². The minimum Gasteiger partial charge on any atom is -0.508 e. The molecule has 1 N–H and O–H groups in total. The molecule has 16 heavy (non-hydrogen) atoms. The van der Waals surface area contributed by atoms with E-state index >= 15 is 0 Å². The molecule has 0 spiro atoms. The lowest BCUT2D eigenvalue weighted by atomic mass is 10.0. The lowest BCUT2D eigenvalue weighted by Crippen LogP contribution is -2.38. The predicted octanol–water partition coefficient (Wildman–Crippen LogP) is 2.81. The maximum absolute atomic E-state index is 9.74. The first kappa shape index (κ1) is 11.5. The van der Waals surface area contributed by atoms with Gasteiger partial charge in [-0.15, -0.1) is 0 Å². The van der Waals surface area contributed by atoms with Crippen molar-refractivity contribution in [3.8, 4) is 5.75 Å². The van der Waals surface area contributed by atoms with Crippen LogP contribution in [0.4, 0.5) is 0 Å². The van der Waals surface area contributed by atoms with Crippen LogP contribution in [0.25, 0.3) is 0 Å². The number of rotatable bonds is 3. The Kier molecular flexibility index (Phi) is 3.83. The molecule has 1 unspecified atom stereocenters. The van der Waals surface area contributed by atoms with E-state index < -0.39 is 0 Å². The first-order valence-electron chi connectivity index (χ1n) is 6.28. The number of piperidine rings is 1. The van der Waals surface area contributed by atoms with E-state index in [-0.39, 0.29) is 0 Å². The summed E-state index contributed by atoms with van der Waals surface area (Å²) in [4.78, 5) is 2.54. The van der Waals surface area contributed by atoms with Crippen molar-refractivity contribution in [3.63, 3.8) is 0 Å². The van der Waals surface area contributed by atoms with Crippen LogP contribution in [0.15, 0.2) is 24.3 Å². The van der Waals surface area contributed by atoms with Gasteiger partial charge in [0.25, 0.3) is 0 Å². The highest BCUT2D eigenvalue weighted by Crippen LogP contribution is 2.20. The molecule has 2 nitrogen and oxygen atoms in total. The van der Waals surface area contributed by atoms with E-state index in [1.54, 1.807) is 6.07 Å². The standard InChI is InChI=1S/C14H21NO/c1-12(15-9-5-2-6-10-15)11-13-7-3-4-8-14(13)16/h3-4,7-8,12,16H,2,5-6,9-11H2,1H3. The molecule has 88 valence electrons. The van der Waals surface area contributed by atoms with Crippen molar-refractivity contribution in [2.24, 2.45) is 0 Å². The van der Waals surface area contributed by atoms with E-state index in [1.807, 2.05) is 18.2 Å². The Balaban J connectivity index is 1.96. The SMILES string of the molecule is CC(Cc1ccccc1O)N1CCCCC1. The van der Waals surface area contributed by atoms with E-state index in [9.17, 15) is 5.11 Å². The summed E-state index contributed by atoms with van der Waals surface area (Å²) in [5, 5.41) is 9.74. The van der Waals surface area contributed by atoms with Crippen LogP contribution in [-0.2, 0) is 6.42 Å². The van der Waals surface area contributed by atoms with Gasteiger partial charge in [0.2, 0.25) is 0 Å². The largest absolute Gasteiger partial charge is 0.508 e. The van der Waals surface area contributed by atoms with Crippen LogP contribution in [0.2, 0.25) is 0 Å². The number of aromatic hydroxyl groups is 1. The Bertz CT molecular complexity index is 331. The average Bonchev–Trinajstić information content (AvgIpc) is 2.33. The molecule has 1 aliphatic heterocycles. The smallest absolute Gasteiger partial charge is 0.118 e. The van der Waals surface area contributed by atoms with E-state index in [4.69, 9.17) is 0 Å². The number of nitrogens with zero attached hydrogens (tertiary/aromatic N) is 1. The predicted molar refractivity (Wildman–Crippen MR) is 66.7 cm³/mol. The number of phenols is 1. The van der Waals surface area contributed by atoms with E-state index in [0.717, 1.165) is 12.0 Å². The summed E-state index contributed by atoms with van der Waals surface area (Å²) in [5.41, 5.74) is 1.07. The molecule has 1 fully saturated rings. The van der Waals surface area contributed by atoms with Gasteiger partial charge in [-0.3, -0.25) is 0 Å². The molecule has 1 aliphatic rings. The third-order valence-corrected chi connectivity index (χ3v) is 3.52. The molecular weight excluding hydrogens is 198 g/mol. The molecule has 1 atom stereocenters. The molecule has 0 aromatic heterocycles. The number of phenolic OH excluding ortho intramolecular Hbond substituents is 1. The van der Waals surface area contributed by atoms with E-state index in [1.165, 1.54) is 32.4 Å². The Morgan fingerprint density at radius 3 is 2.56 bits per heavy atom. The van der Waals surface area contributed by atoms with Crippen LogP contribution in [0.1, 0.15) is 31.7 Å². The van der Waals surface area contributed by atoms with Crippen molar-refractivity contribution in [3.05, 3.63) is 29.8 Å². The molecule has 0 aliphatic carbocycles. The minimum absolute atomic E-state index is 0.436. The number of likely N-dealkylation sites (tertiary alicyclic amines) is 1. The first-order valence-corrected chi connectivity index (χ1v) is 6.28. The molecule has 0 saturated carbocycles. The van der Waals surface area contributed by atoms with Gasteiger partial charge in [-0.05, 0) is 50.9 Å². The normalized spacial score (nSPS) is 19.6. The highest BCUT2D eigenvalue weighted by atomic mass is 16.3. The molecule has 1 aromatic carbocycles. The van der Waals surface area contributed by atoms with Gasteiger partial charge >= 0.3 is 0 Å². The zero-order chi connectivity index (χ0) is 11.4. The summed E-state index contributed by atoms with van der Waals surface area (Å²) < 4.78 is 0. The Morgan fingerprint density at radius 1 is 1.19 bits per heavy atom. The summed E-state index contributed by atoms with van der Waals surface area (Å²) >= 11 is 0. The fourth-order valence-corrected chi connectivity index (χ4v) is 2.49. The van der Waals surface area contributed by atoms with Crippen LogP contribution < -0.4 is 0 Å². The summed E-state index contributed by atoms with van der Waals surface area (Å²) in [5.74, 6) is 0.436. The van der Waals surface area contributed by atoms with Crippen LogP contribution in [0.3, 0.4) is 0 Å². The quantitative estimate of drug-likeness (QED) is 0.845. The number of benzene rings is 1. The van der Waals surface area contributed by atoms with Crippen molar-refractivity contribution in [1.29, 1.82) is 0 Å². The van der Waals surface area contributed by atoms with Gasteiger partial charge < -0.3 is 10.0 Å². The Hall–Kier alpha value is -1.02. The third-order valence-electron chi connectivity index (χ3n) is 3.52. The first-order chi connectivity index (χ1) is 7.77. The lowest BCUT2D eigenvalue weighted by molar-refractivity contribution is 0.172. The molecule has 2 heteroatoms. The molecule has 1 aromatic rings. The second kappa shape index (κ2) is 5.35. The zero-order valence-corrected chi connectivity index (χ0v) is 10.0. The highest BCUT2D eigenvalue weighted by Gasteiger charge is 2.17. The summed E-state index contributed by atoms with van der Waals surface area (Å²) in [6.45, 7) is 4.70. The number of para-hydroxylation sites is 1. The van der Waals surface area contributed by atoms with Gasteiger partial charge in [-0.1, -0.05) is 24.6 Å². The van der Waals surface area contributed by atoms with Gasteiger partial charge in [-0.2, -0.15) is 0 Å². The topological polar surface area (TPSA) is 23.5 Å². The van der Waals surface area contributed by atoms with Crippen molar-refractivity contribution in [2.75, 3.05) is 13.1 Å². The van der Waals surface area contributed by atoms with Crippen molar-refractivity contribution < 1.29 is 5.11 Å². The summed E-state index contributed by atoms with van der Waals surface area (Å²) in [6, 6.07) is 8.21. The maximum Gasteiger partial charge on any atom is 0.118 e. The molecule has 0 amide bonds. The molecule has 2 rings (SSSR count). The van der Waals surface area contributed by atoms with Crippen LogP contribution in [0.5, 0.6) is 5.75 Å². The van der Waals surface area contributed by atoms with Gasteiger partial charge in [-0.25, -0.2) is 0 Å². The highest BCUT2D eigenvalue weighted by molar-refractivity contribution is 5.32. The van der Waals surface area contributed by atoms with E-state index in [2.05, 4.69) is 11.8 Å². The molecule has 0 bridgehead atoms. The monoisotopic (exact) mass is 219 g/mol. The summed E-state index contributed by atoms with van der Waals surface area (Å²) in [7, 11) is 0. The lowest BCUT2D eigenvalue weighted by Gasteiger charge is -2.32.